The molecular formula is C18H21N3O4. The van der Waals surface area contributed by atoms with E-state index in [-0.39, 0.29) is 11.4 Å². The first-order valence-electron chi connectivity index (χ1n) is 7.87. The molecule has 7 heteroatoms. The maximum atomic E-state index is 11.2. The third-order valence-electron chi connectivity index (χ3n) is 3.58. The molecule has 0 aromatic heterocycles. The predicted octanol–water partition coefficient (Wildman–Crippen LogP) is 3.52. The molecule has 0 aliphatic carbocycles. The first-order chi connectivity index (χ1) is 12.1. The number of nitrogens with one attached hydrogen (secondary N) is 1. The van der Waals surface area contributed by atoms with E-state index in [0.29, 0.717) is 24.4 Å². The van der Waals surface area contributed by atoms with Crippen molar-refractivity contribution in [3.8, 4) is 11.5 Å². The minimum absolute atomic E-state index is 0.0707. The lowest BCUT2D eigenvalue weighted by Crippen LogP contribution is -2.10. The Hall–Kier alpha value is -3.09. The molecule has 0 aliphatic heterocycles. The molecule has 0 saturated heterocycles. The summed E-state index contributed by atoms with van der Waals surface area (Å²) in [4.78, 5) is 10.7. The molecule has 0 amide bonds. The van der Waals surface area contributed by atoms with Gasteiger partial charge in [-0.2, -0.15) is 5.10 Å². The zero-order valence-corrected chi connectivity index (χ0v) is 14.5. The van der Waals surface area contributed by atoms with Crippen LogP contribution < -0.4 is 14.9 Å². The Kier molecular flexibility index (Phi) is 6.33. The fraction of sp³-hybridized carbons (Fsp3) is 0.278. The molecule has 2 rings (SSSR count). The average Bonchev–Trinajstić information content (AvgIpc) is 2.62. The van der Waals surface area contributed by atoms with Crippen LogP contribution in [0.2, 0.25) is 0 Å². The van der Waals surface area contributed by atoms with Crippen LogP contribution in [0.5, 0.6) is 11.5 Å². The average molecular weight is 343 g/mol. The highest BCUT2D eigenvalue weighted by atomic mass is 16.6. The number of rotatable bonds is 8. The highest BCUT2D eigenvalue weighted by Gasteiger charge is 2.16. The van der Waals surface area contributed by atoms with Crippen LogP contribution in [0.15, 0.2) is 47.6 Å². The number of hydrazone groups is 1. The normalized spacial score (nSPS) is 11.1. The Morgan fingerprint density at radius 1 is 1.24 bits per heavy atom. The topological polar surface area (TPSA) is 86.0 Å². The maximum Gasteiger partial charge on any atom is 0.311 e. The number of hydrogen-bond donors (Lipinski definition) is 1. The molecule has 25 heavy (non-hydrogen) atoms. The highest BCUT2D eigenvalue weighted by Crippen LogP contribution is 2.28. The third-order valence-corrected chi connectivity index (χ3v) is 3.58. The molecule has 132 valence electrons. The van der Waals surface area contributed by atoms with Gasteiger partial charge in [-0.25, -0.2) is 0 Å². The first kappa shape index (κ1) is 18.3. The minimum atomic E-state index is -0.454. The van der Waals surface area contributed by atoms with E-state index >= 15 is 0 Å². The number of methoxy groups -OCH3 is 1. The largest absolute Gasteiger partial charge is 0.496 e. The van der Waals surface area contributed by atoms with Gasteiger partial charge in [0.1, 0.15) is 5.75 Å². The summed E-state index contributed by atoms with van der Waals surface area (Å²) in [5, 5.41) is 15.5. The van der Waals surface area contributed by atoms with Crippen molar-refractivity contribution in [3.63, 3.8) is 0 Å². The summed E-state index contributed by atoms with van der Waals surface area (Å²) in [5.41, 5.74) is 5.17. The van der Waals surface area contributed by atoms with E-state index in [2.05, 4.69) is 10.5 Å². The van der Waals surface area contributed by atoms with Gasteiger partial charge in [-0.15, -0.1) is 0 Å². The third kappa shape index (κ3) is 4.69. The standard InChI is InChI=1S/C18H21N3O4/c1-4-25-18-10-9-14(11-16(18)21(22)23)13(2)20-19-12-15-7-5-6-8-17(15)24-3/h5-11,19H,4,12H2,1-3H3/b20-13-. The summed E-state index contributed by atoms with van der Waals surface area (Å²) in [6.45, 7) is 4.43. The van der Waals surface area contributed by atoms with Gasteiger partial charge in [0.05, 0.1) is 30.9 Å². The summed E-state index contributed by atoms with van der Waals surface area (Å²) >= 11 is 0. The molecule has 0 atom stereocenters. The van der Waals surface area contributed by atoms with Gasteiger partial charge in [0.25, 0.3) is 0 Å². The second kappa shape index (κ2) is 8.68. The fourth-order valence-electron chi connectivity index (χ4n) is 2.32. The van der Waals surface area contributed by atoms with Crippen molar-refractivity contribution >= 4 is 11.4 Å². The molecule has 2 aromatic rings. The van der Waals surface area contributed by atoms with Crippen LogP contribution in [0, 0.1) is 10.1 Å². The van der Waals surface area contributed by atoms with Gasteiger partial charge in [0, 0.05) is 17.2 Å². The quantitative estimate of drug-likeness (QED) is 0.450. The highest BCUT2D eigenvalue weighted by molar-refractivity contribution is 5.99. The van der Waals surface area contributed by atoms with Crippen molar-refractivity contribution in [1.29, 1.82) is 0 Å². The van der Waals surface area contributed by atoms with E-state index in [0.717, 1.165) is 11.3 Å². The molecule has 0 aliphatic rings. The molecule has 0 unspecified atom stereocenters. The predicted molar refractivity (Wildman–Crippen MR) is 96.3 cm³/mol. The lowest BCUT2D eigenvalue weighted by Gasteiger charge is -2.09. The van der Waals surface area contributed by atoms with E-state index in [4.69, 9.17) is 9.47 Å². The smallest absolute Gasteiger partial charge is 0.311 e. The molecule has 0 heterocycles. The van der Waals surface area contributed by atoms with Gasteiger partial charge < -0.3 is 14.9 Å². The summed E-state index contributed by atoms with van der Waals surface area (Å²) in [7, 11) is 1.62. The van der Waals surface area contributed by atoms with E-state index in [9.17, 15) is 10.1 Å². The van der Waals surface area contributed by atoms with Crippen molar-refractivity contribution in [2.24, 2.45) is 5.10 Å². The summed E-state index contributed by atoms with van der Waals surface area (Å²) in [5.74, 6) is 1.03. The van der Waals surface area contributed by atoms with Crippen molar-refractivity contribution < 1.29 is 14.4 Å². The Morgan fingerprint density at radius 3 is 2.68 bits per heavy atom. The number of benzene rings is 2. The molecule has 0 saturated carbocycles. The van der Waals surface area contributed by atoms with Gasteiger partial charge in [-0.05, 0) is 32.0 Å². The Balaban J connectivity index is 2.14. The number of nitro benzene ring substituents is 1. The number of nitro groups is 1. The molecular weight excluding hydrogens is 322 g/mol. The Bertz CT molecular complexity index is 775. The zero-order valence-electron chi connectivity index (χ0n) is 14.5. The van der Waals surface area contributed by atoms with Crippen LogP contribution in [0.1, 0.15) is 25.0 Å². The molecule has 7 nitrogen and oxygen atoms in total. The van der Waals surface area contributed by atoms with Gasteiger partial charge in [0.15, 0.2) is 5.75 Å². The van der Waals surface area contributed by atoms with Crippen molar-refractivity contribution in [3.05, 3.63) is 63.7 Å². The van der Waals surface area contributed by atoms with E-state index in [1.807, 2.05) is 24.3 Å². The number of hydrogen-bond acceptors (Lipinski definition) is 6. The SMILES string of the molecule is CCOc1ccc(/C(C)=N\NCc2ccccc2OC)cc1[N+](=O)[O-]. The van der Waals surface area contributed by atoms with E-state index in [1.54, 1.807) is 33.1 Å². The first-order valence-corrected chi connectivity index (χ1v) is 7.87. The van der Waals surface area contributed by atoms with Gasteiger partial charge in [0.2, 0.25) is 0 Å². The van der Waals surface area contributed by atoms with Crippen LogP contribution in [-0.2, 0) is 6.54 Å². The molecule has 0 radical (unpaired) electrons. The summed E-state index contributed by atoms with van der Waals surface area (Å²) < 4.78 is 10.6. The Morgan fingerprint density at radius 2 is 2.00 bits per heavy atom. The minimum Gasteiger partial charge on any atom is -0.496 e. The molecule has 1 N–H and O–H groups in total. The lowest BCUT2D eigenvalue weighted by atomic mass is 10.1. The van der Waals surface area contributed by atoms with E-state index in [1.165, 1.54) is 6.07 Å². The number of nitrogens with zero attached hydrogens (tertiary/aromatic N) is 2. The maximum absolute atomic E-state index is 11.2. The Labute approximate surface area is 146 Å². The number of para-hydroxylation sites is 1. The van der Waals surface area contributed by atoms with Crippen LogP contribution in [-0.4, -0.2) is 24.4 Å². The monoisotopic (exact) mass is 343 g/mol. The van der Waals surface area contributed by atoms with Gasteiger partial charge in [-0.1, -0.05) is 18.2 Å². The second-order valence-corrected chi connectivity index (χ2v) is 5.22. The molecule has 0 fully saturated rings. The van der Waals surface area contributed by atoms with E-state index < -0.39 is 4.92 Å². The van der Waals surface area contributed by atoms with Crippen LogP contribution >= 0.6 is 0 Å². The molecule has 0 spiro atoms. The summed E-state index contributed by atoms with van der Waals surface area (Å²) in [6, 6.07) is 12.5. The molecule has 2 aromatic carbocycles. The van der Waals surface area contributed by atoms with Crippen molar-refractivity contribution in [2.75, 3.05) is 13.7 Å². The van der Waals surface area contributed by atoms with Crippen molar-refractivity contribution in [1.82, 2.24) is 5.43 Å². The van der Waals surface area contributed by atoms with Gasteiger partial charge >= 0.3 is 5.69 Å². The van der Waals surface area contributed by atoms with Crippen molar-refractivity contribution in [2.45, 2.75) is 20.4 Å². The number of ether oxygens (including phenoxy) is 2. The lowest BCUT2D eigenvalue weighted by molar-refractivity contribution is -0.385. The van der Waals surface area contributed by atoms with Crippen LogP contribution in [0.3, 0.4) is 0 Å². The summed E-state index contributed by atoms with van der Waals surface area (Å²) in [6.07, 6.45) is 0. The molecule has 0 bridgehead atoms. The second-order valence-electron chi connectivity index (χ2n) is 5.22. The van der Waals surface area contributed by atoms with Gasteiger partial charge in [-0.3, -0.25) is 10.1 Å². The fourth-order valence-corrected chi connectivity index (χ4v) is 2.32. The van der Waals surface area contributed by atoms with Crippen LogP contribution in [0.25, 0.3) is 0 Å². The van der Waals surface area contributed by atoms with Crippen LogP contribution in [0.4, 0.5) is 5.69 Å². The zero-order chi connectivity index (χ0) is 18.2.